The Morgan fingerprint density at radius 3 is 2.21 bits per heavy atom. The van der Waals surface area contributed by atoms with Crippen molar-refractivity contribution in [1.82, 2.24) is 9.97 Å². The van der Waals surface area contributed by atoms with Gasteiger partial charge in [0.1, 0.15) is 0 Å². The van der Waals surface area contributed by atoms with Gasteiger partial charge in [-0.25, -0.2) is 4.99 Å². The fraction of sp³-hybridized carbons (Fsp3) is 0.133. The number of nitrogens with zero attached hydrogens (tertiary/aromatic N) is 2. The summed E-state index contributed by atoms with van der Waals surface area (Å²) in [5.74, 6) is -0.0317. The summed E-state index contributed by atoms with van der Waals surface area (Å²) in [6, 6.07) is 26.7. The highest BCUT2D eigenvalue weighted by molar-refractivity contribution is 7.62. The first-order valence-electron chi connectivity index (χ1n) is 12.4. The Kier molecular flexibility index (Phi) is 7.52. The number of rotatable bonds is 9. The van der Waals surface area contributed by atoms with E-state index in [0.29, 0.717) is 27.5 Å². The van der Waals surface area contributed by atoms with Gasteiger partial charge in [-0.2, -0.15) is 0 Å². The molecule has 0 atom stereocenters. The van der Waals surface area contributed by atoms with Crippen LogP contribution in [0.4, 0.5) is 5.69 Å². The number of hydrogen-bond donors (Lipinski definition) is 2. The summed E-state index contributed by atoms with van der Waals surface area (Å²) in [5, 5.41) is 12.1. The molecule has 8 heteroatoms. The second-order valence-electron chi connectivity index (χ2n) is 8.52. The van der Waals surface area contributed by atoms with Gasteiger partial charge < -0.3 is 19.1 Å². The number of fused-ring (bicyclic) bond motifs is 1. The first-order valence-corrected chi connectivity index (χ1v) is 14.0. The van der Waals surface area contributed by atoms with E-state index in [9.17, 15) is 9.67 Å². The van der Waals surface area contributed by atoms with Gasteiger partial charge in [-0.15, -0.1) is 0 Å². The van der Waals surface area contributed by atoms with Crippen LogP contribution in [0.3, 0.4) is 0 Å². The lowest BCUT2D eigenvalue weighted by Crippen LogP contribution is -2.11. The largest absolute Gasteiger partial charge is 0.494 e. The van der Waals surface area contributed by atoms with Gasteiger partial charge in [0.2, 0.25) is 0 Å². The Morgan fingerprint density at radius 2 is 1.55 bits per heavy atom. The third-order valence-electron chi connectivity index (χ3n) is 6.08. The van der Waals surface area contributed by atoms with E-state index in [2.05, 4.69) is 9.97 Å². The average Bonchev–Trinajstić information content (AvgIpc) is 3.28. The molecule has 0 aliphatic carbocycles. The summed E-state index contributed by atoms with van der Waals surface area (Å²) in [7, 11) is -3.53. The first-order chi connectivity index (χ1) is 18.5. The number of pyridine rings is 1. The second kappa shape index (κ2) is 11.2. The highest BCUT2D eigenvalue weighted by atomic mass is 31.2. The number of aromatic hydroxyl groups is 1. The predicted octanol–water partition coefficient (Wildman–Crippen LogP) is 7.00. The van der Waals surface area contributed by atoms with Crippen molar-refractivity contribution in [2.24, 2.45) is 4.99 Å². The zero-order chi connectivity index (χ0) is 26.5. The highest BCUT2D eigenvalue weighted by Gasteiger charge is 2.28. The first kappa shape index (κ1) is 25.6. The molecule has 0 saturated heterocycles. The maximum atomic E-state index is 13.5. The van der Waals surface area contributed by atoms with Crippen molar-refractivity contribution in [1.29, 1.82) is 0 Å². The molecule has 5 rings (SSSR count). The number of benzene rings is 3. The summed E-state index contributed by atoms with van der Waals surface area (Å²) in [6.45, 7) is 4.04. The molecular formula is C30H28N3O4P. The maximum Gasteiger partial charge on any atom is 0.361 e. The van der Waals surface area contributed by atoms with Crippen LogP contribution in [-0.4, -0.2) is 34.0 Å². The molecule has 192 valence electrons. The van der Waals surface area contributed by atoms with Gasteiger partial charge in [0, 0.05) is 28.9 Å². The van der Waals surface area contributed by atoms with Crippen molar-refractivity contribution in [2.45, 2.75) is 13.8 Å². The molecular weight excluding hydrogens is 497 g/mol. The van der Waals surface area contributed by atoms with E-state index >= 15 is 0 Å². The lowest BCUT2D eigenvalue weighted by molar-refractivity contribution is 0.230. The Morgan fingerprint density at radius 1 is 0.895 bits per heavy atom. The number of hydrogen-bond acceptors (Lipinski definition) is 6. The zero-order valence-electron chi connectivity index (χ0n) is 21.2. The number of H-pyrrole nitrogens is 1. The van der Waals surface area contributed by atoms with Gasteiger partial charge in [0.05, 0.1) is 35.5 Å². The molecule has 0 saturated carbocycles. The van der Waals surface area contributed by atoms with Crippen molar-refractivity contribution in [3.05, 3.63) is 108 Å². The van der Waals surface area contributed by atoms with Crippen LogP contribution < -0.4 is 5.30 Å². The van der Waals surface area contributed by atoms with Crippen LogP contribution in [0, 0.1) is 0 Å². The molecule has 0 bridgehead atoms. The van der Waals surface area contributed by atoms with E-state index in [0.717, 1.165) is 22.4 Å². The standard InChI is InChI=1S/C30H28N3O4P/c1-3-36-38(35,37-4-2)25-14-15-27-26(20-25)28(30(34)33-27)29(23-8-6-5-7-9-23)32-24-12-10-21(11-13-24)22-16-18-31-19-17-22/h5-20,33-34H,3-4H2,1-2H3. The van der Waals surface area contributed by atoms with E-state index in [1.165, 1.54) is 0 Å². The normalized spacial score (nSPS) is 12.2. The monoisotopic (exact) mass is 525 g/mol. The number of aliphatic imine (C=N–C) groups is 1. The molecule has 0 fully saturated rings. The van der Waals surface area contributed by atoms with Crippen molar-refractivity contribution < 1.29 is 18.7 Å². The number of aromatic nitrogens is 2. The quantitative estimate of drug-likeness (QED) is 0.160. The van der Waals surface area contributed by atoms with Crippen LogP contribution in [-0.2, 0) is 13.6 Å². The lowest BCUT2D eigenvalue weighted by atomic mass is 10.0. The van der Waals surface area contributed by atoms with Crippen molar-refractivity contribution >= 4 is 35.2 Å². The minimum atomic E-state index is -3.53. The molecule has 5 aromatic rings. The molecule has 38 heavy (non-hydrogen) atoms. The fourth-order valence-electron chi connectivity index (χ4n) is 4.36. The highest BCUT2D eigenvalue weighted by Crippen LogP contribution is 2.47. The van der Waals surface area contributed by atoms with Crippen LogP contribution in [0.15, 0.2) is 102 Å². The van der Waals surface area contributed by atoms with E-state index in [4.69, 9.17) is 14.0 Å². The minimum Gasteiger partial charge on any atom is -0.494 e. The van der Waals surface area contributed by atoms with Crippen LogP contribution >= 0.6 is 7.60 Å². The molecule has 2 N–H and O–H groups in total. The third-order valence-corrected chi connectivity index (χ3v) is 8.19. The second-order valence-corrected chi connectivity index (χ2v) is 10.5. The zero-order valence-corrected chi connectivity index (χ0v) is 22.1. The summed E-state index contributed by atoms with van der Waals surface area (Å²) in [6.07, 6.45) is 3.53. The van der Waals surface area contributed by atoms with Gasteiger partial charge in [-0.3, -0.25) is 9.55 Å². The van der Waals surface area contributed by atoms with Crippen molar-refractivity contribution in [2.75, 3.05) is 13.2 Å². The molecule has 2 heterocycles. The summed E-state index contributed by atoms with van der Waals surface area (Å²) in [4.78, 5) is 12.1. The van der Waals surface area contributed by atoms with Crippen LogP contribution in [0.2, 0.25) is 0 Å². The molecule has 3 aromatic carbocycles. The van der Waals surface area contributed by atoms with Gasteiger partial charge in [0.25, 0.3) is 0 Å². The molecule has 0 aliphatic heterocycles. The summed E-state index contributed by atoms with van der Waals surface area (Å²) in [5.41, 5.74) is 5.42. The molecule has 2 aromatic heterocycles. The van der Waals surface area contributed by atoms with Gasteiger partial charge in [-0.05, 0) is 67.4 Å². The van der Waals surface area contributed by atoms with E-state index in [1.807, 2.05) is 66.7 Å². The third kappa shape index (κ3) is 5.18. The summed E-state index contributed by atoms with van der Waals surface area (Å²) >= 11 is 0. The fourth-order valence-corrected chi connectivity index (χ4v) is 5.96. The predicted molar refractivity (Wildman–Crippen MR) is 152 cm³/mol. The van der Waals surface area contributed by atoms with Crippen LogP contribution in [0.5, 0.6) is 5.88 Å². The Hall–Kier alpha value is -4.03. The van der Waals surface area contributed by atoms with E-state index < -0.39 is 7.60 Å². The Balaban J connectivity index is 1.66. The van der Waals surface area contributed by atoms with Gasteiger partial charge in [-0.1, -0.05) is 42.5 Å². The molecule has 0 unspecified atom stereocenters. The molecule has 0 radical (unpaired) electrons. The Labute approximate surface area is 221 Å². The Bertz CT molecular complexity index is 1600. The van der Waals surface area contributed by atoms with E-state index in [1.54, 1.807) is 44.4 Å². The molecule has 0 amide bonds. The smallest absolute Gasteiger partial charge is 0.361 e. The molecule has 0 aliphatic rings. The van der Waals surface area contributed by atoms with Crippen molar-refractivity contribution in [3.63, 3.8) is 0 Å². The average molecular weight is 526 g/mol. The van der Waals surface area contributed by atoms with Crippen LogP contribution in [0.25, 0.3) is 22.0 Å². The topological polar surface area (TPSA) is 96.8 Å². The molecule has 0 spiro atoms. The van der Waals surface area contributed by atoms with Crippen molar-refractivity contribution in [3.8, 4) is 17.0 Å². The SMILES string of the molecule is CCOP(=O)(OCC)c1ccc2[nH]c(O)c(C(=Nc3ccc(-c4ccncc4)cc3)c3ccccc3)c2c1. The van der Waals surface area contributed by atoms with Gasteiger partial charge in [0.15, 0.2) is 5.88 Å². The van der Waals surface area contributed by atoms with E-state index in [-0.39, 0.29) is 19.1 Å². The maximum absolute atomic E-state index is 13.5. The minimum absolute atomic E-state index is 0.0317. The van der Waals surface area contributed by atoms with Gasteiger partial charge >= 0.3 is 7.60 Å². The summed E-state index contributed by atoms with van der Waals surface area (Å²) < 4.78 is 24.6. The number of aromatic amines is 1. The lowest BCUT2D eigenvalue weighted by Gasteiger charge is -2.17. The number of nitrogens with one attached hydrogen (secondary N) is 1. The van der Waals surface area contributed by atoms with Crippen LogP contribution in [0.1, 0.15) is 25.0 Å². The molecule has 7 nitrogen and oxygen atoms in total.